The third-order valence-corrected chi connectivity index (χ3v) is 2.39. The first-order chi connectivity index (χ1) is 8.83. The molecular weight excluding hydrogens is 261 g/mol. The smallest absolute Gasteiger partial charge is 0.411 e. The van der Waals surface area contributed by atoms with Crippen molar-refractivity contribution in [3.8, 4) is 5.75 Å². The lowest BCUT2D eigenvalue weighted by Crippen LogP contribution is -2.17. The van der Waals surface area contributed by atoms with Crippen LogP contribution >= 0.6 is 0 Å². The molecule has 0 aliphatic carbocycles. The summed E-state index contributed by atoms with van der Waals surface area (Å²) in [6, 6.07) is 4.88. The van der Waals surface area contributed by atoms with E-state index >= 15 is 0 Å². The molecule has 0 heterocycles. The Labute approximate surface area is 110 Å². The average Bonchev–Trinajstić information content (AvgIpc) is 2.29. The topological polar surface area (TPSA) is 38.7 Å². The van der Waals surface area contributed by atoms with Crippen molar-refractivity contribution in [2.45, 2.75) is 32.7 Å². The predicted molar refractivity (Wildman–Crippen MR) is 64.0 cm³/mol. The molecule has 0 amide bonds. The molecule has 1 rings (SSSR count). The van der Waals surface area contributed by atoms with Gasteiger partial charge in [-0.3, -0.25) is 0 Å². The van der Waals surface area contributed by atoms with E-state index in [9.17, 15) is 18.3 Å². The second-order valence-corrected chi connectivity index (χ2v) is 4.08. The Kier molecular flexibility index (Phi) is 5.62. The summed E-state index contributed by atoms with van der Waals surface area (Å²) < 4.78 is 46.0. The van der Waals surface area contributed by atoms with Crippen molar-refractivity contribution in [1.82, 2.24) is 0 Å². The zero-order valence-electron chi connectivity index (χ0n) is 10.8. The Hall–Kier alpha value is -1.27. The van der Waals surface area contributed by atoms with Crippen molar-refractivity contribution in [1.29, 1.82) is 0 Å². The molecule has 0 aliphatic heterocycles. The van der Waals surface area contributed by atoms with Crippen LogP contribution < -0.4 is 4.74 Å². The fourth-order valence-corrected chi connectivity index (χ4v) is 1.55. The fourth-order valence-electron chi connectivity index (χ4n) is 1.55. The Morgan fingerprint density at radius 2 is 2.00 bits per heavy atom. The van der Waals surface area contributed by atoms with Crippen LogP contribution in [0, 0.1) is 0 Å². The molecule has 1 atom stereocenters. The van der Waals surface area contributed by atoms with E-state index in [0.717, 1.165) is 0 Å². The van der Waals surface area contributed by atoms with E-state index in [-0.39, 0.29) is 6.61 Å². The summed E-state index contributed by atoms with van der Waals surface area (Å²) in [4.78, 5) is 0. The van der Waals surface area contributed by atoms with Crippen molar-refractivity contribution in [2.24, 2.45) is 0 Å². The highest BCUT2D eigenvalue weighted by atomic mass is 19.4. The van der Waals surface area contributed by atoms with Gasteiger partial charge in [-0.15, -0.1) is 0 Å². The van der Waals surface area contributed by atoms with Gasteiger partial charge >= 0.3 is 6.18 Å². The van der Waals surface area contributed by atoms with E-state index in [1.807, 2.05) is 0 Å². The lowest BCUT2D eigenvalue weighted by Gasteiger charge is -2.14. The molecular formula is C13H17F3O3. The van der Waals surface area contributed by atoms with E-state index < -0.39 is 18.9 Å². The molecule has 1 unspecified atom stereocenters. The Balaban J connectivity index is 2.79. The number of halogens is 3. The molecule has 3 nitrogen and oxygen atoms in total. The first kappa shape index (κ1) is 15.8. The third-order valence-electron chi connectivity index (χ3n) is 2.39. The molecule has 108 valence electrons. The number of ether oxygens (including phenoxy) is 2. The fraction of sp³-hybridized carbons (Fsp3) is 0.538. The zero-order chi connectivity index (χ0) is 14.5. The van der Waals surface area contributed by atoms with Crippen LogP contribution in [0.4, 0.5) is 13.2 Å². The molecule has 1 aromatic carbocycles. The molecule has 1 N–H and O–H groups in total. The Morgan fingerprint density at radius 3 is 2.53 bits per heavy atom. The number of hydrogen-bond acceptors (Lipinski definition) is 3. The summed E-state index contributed by atoms with van der Waals surface area (Å²) in [6.07, 6.45) is -5.05. The number of alkyl halides is 3. The summed E-state index contributed by atoms with van der Waals surface area (Å²) >= 11 is 0. The quantitative estimate of drug-likeness (QED) is 0.868. The van der Waals surface area contributed by atoms with Gasteiger partial charge in [0, 0.05) is 5.56 Å². The normalized spacial score (nSPS) is 13.4. The van der Waals surface area contributed by atoms with Gasteiger partial charge in [-0.05, 0) is 31.5 Å². The summed E-state index contributed by atoms with van der Waals surface area (Å²) in [5, 5.41) is 9.46. The van der Waals surface area contributed by atoms with Gasteiger partial charge in [0.25, 0.3) is 0 Å². The van der Waals surface area contributed by atoms with Crippen LogP contribution in [0.15, 0.2) is 18.2 Å². The lowest BCUT2D eigenvalue weighted by molar-refractivity contribution is -0.176. The van der Waals surface area contributed by atoms with Gasteiger partial charge in [-0.1, -0.05) is 6.07 Å². The summed E-state index contributed by atoms with van der Waals surface area (Å²) in [6.45, 7) is 2.24. The molecule has 0 aromatic heterocycles. The van der Waals surface area contributed by atoms with Crippen LogP contribution in [0.25, 0.3) is 0 Å². The molecule has 0 saturated carbocycles. The van der Waals surface area contributed by atoms with Crippen molar-refractivity contribution in [3.63, 3.8) is 0 Å². The second kappa shape index (κ2) is 6.77. The maximum Gasteiger partial charge on any atom is 0.411 e. The molecule has 6 heteroatoms. The highest BCUT2D eigenvalue weighted by Crippen LogP contribution is 2.25. The number of benzene rings is 1. The van der Waals surface area contributed by atoms with Crippen LogP contribution in [0.3, 0.4) is 0 Å². The van der Waals surface area contributed by atoms with Crippen LogP contribution in [-0.2, 0) is 11.3 Å². The van der Waals surface area contributed by atoms with Crippen LogP contribution in [0.2, 0.25) is 0 Å². The van der Waals surface area contributed by atoms with Gasteiger partial charge in [0.15, 0.2) is 0 Å². The van der Waals surface area contributed by atoms with Crippen molar-refractivity contribution >= 4 is 0 Å². The molecule has 0 fully saturated rings. The standard InChI is InChI=1S/C13H17F3O3/c1-3-19-12-5-4-10(9(2)17)6-11(12)7-18-8-13(14,15)16/h4-6,9,17H,3,7-8H2,1-2H3. The Morgan fingerprint density at radius 1 is 1.32 bits per heavy atom. The van der Waals surface area contributed by atoms with Gasteiger partial charge in [0.05, 0.1) is 19.3 Å². The minimum absolute atomic E-state index is 0.213. The molecule has 0 radical (unpaired) electrons. The highest BCUT2D eigenvalue weighted by Gasteiger charge is 2.27. The van der Waals surface area contributed by atoms with E-state index in [0.29, 0.717) is 23.5 Å². The number of aliphatic hydroxyl groups is 1. The predicted octanol–water partition coefficient (Wildman–Crippen LogP) is 3.22. The number of rotatable bonds is 6. The first-order valence-corrected chi connectivity index (χ1v) is 5.91. The number of hydrogen-bond donors (Lipinski definition) is 1. The molecule has 0 saturated heterocycles. The molecule has 1 aromatic rings. The van der Waals surface area contributed by atoms with Crippen molar-refractivity contribution < 1.29 is 27.8 Å². The summed E-state index contributed by atoms with van der Waals surface area (Å²) in [5.74, 6) is 0.467. The first-order valence-electron chi connectivity index (χ1n) is 5.91. The number of aliphatic hydroxyl groups excluding tert-OH is 1. The van der Waals surface area contributed by atoms with Gasteiger partial charge < -0.3 is 14.6 Å². The maximum atomic E-state index is 12.0. The largest absolute Gasteiger partial charge is 0.494 e. The Bertz CT molecular complexity index is 403. The van der Waals surface area contributed by atoms with E-state index in [1.165, 1.54) is 0 Å². The lowest BCUT2D eigenvalue weighted by atomic mass is 10.1. The molecule has 0 aliphatic rings. The van der Waals surface area contributed by atoms with Crippen molar-refractivity contribution in [2.75, 3.05) is 13.2 Å². The molecule has 0 bridgehead atoms. The van der Waals surface area contributed by atoms with E-state index in [2.05, 4.69) is 4.74 Å². The maximum absolute atomic E-state index is 12.0. The summed E-state index contributed by atoms with van der Waals surface area (Å²) in [5.41, 5.74) is 1.10. The molecule has 19 heavy (non-hydrogen) atoms. The van der Waals surface area contributed by atoms with Gasteiger partial charge in [0.1, 0.15) is 12.4 Å². The van der Waals surface area contributed by atoms with Crippen LogP contribution in [-0.4, -0.2) is 24.5 Å². The van der Waals surface area contributed by atoms with Gasteiger partial charge in [0.2, 0.25) is 0 Å². The average molecular weight is 278 g/mol. The van der Waals surface area contributed by atoms with E-state index in [1.54, 1.807) is 32.0 Å². The van der Waals surface area contributed by atoms with Crippen LogP contribution in [0.5, 0.6) is 5.75 Å². The minimum Gasteiger partial charge on any atom is -0.494 e. The van der Waals surface area contributed by atoms with Crippen molar-refractivity contribution in [3.05, 3.63) is 29.3 Å². The third kappa shape index (κ3) is 5.48. The van der Waals surface area contributed by atoms with E-state index in [4.69, 9.17) is 4.74 Å². The monoisotopic (exact) mass is 278 g/mol. The van der Waals surface area contributed by atoms with Crippen LogP contribution in [0.1, 0.15) is 31.1 Å². The SMILES string of the molecule is CCOc1ccc(C(C)O)cc1COCC(F)(F)F. The van der Waals surface area contributed by atoms with Gasteiger partial charge in [-0.25, -0.2) is 0 Å². The summed E-state index contributed by atoms with van der Waals surface area (Å²) in [7, 11) is 0. The minimum atomic E-state index is -4.35. The molecule has 0 spiro atoms. The highest BCUT2D eigenvalue weighted by molar-refractivity contribution is 5.37. The zero-order valence-corrected chi connectivity index (χ0v) is 10.8. The second-order valence-electron chi connectivity index (χ2n) is 4.08. The van der Waals surface area contributed by atoms with Gasteiger partial charge in [-0.2, -0.15) is 13.2 Å².